The first-order chi connectivity index (χ1) is 19.6. The number of anilines is 2. The van der Waals surface area contributed by atoms with E-state index >= 15 is 4.39 Å². The molecule has 0 unspecified atom stereocenters. The van der Waals surface area contributed by atoms with Crippen LogP contribution in [0.5, 0.6) is 0 Å². The van der Waals surface area contributed by atoms with Gasteiger partial charge >= 0.3 is 0 Å². The first kappa shape index (κ1) is 27.5. The fourth-order valence-corrected chi connectivity index (χ4v) is 6.82. The number of benzene rings is 2. The molecule has 2 atom stereocenters. The zero-order chi connectivity index (χ0) is 29.2. The molecule has 2 aliphatic rings. The van der Waals surface area contributed by atoms with E-state index in [1.54, 1.807) is 0 Å². The number of likely N-dealkylation sites (N-methyl/N-ethyl adjacent to an activating group) is 1. The molecule has 0 radical (unpaired) electrons. The van der Waals surface area contributed by atoms with Gasteiger partial charge in [-0.3, -0.25) is 4.79 Å². The van der Waals surface area contributed by atoms with Crippen molar-refractivity contribution in [1.82, 2.24) is 24.1 Å². The van der Waals surface area contributed by atoms with Gasteiger partial charge < -0.3 is 19.6 Å². The van der Waals surface area contributed by atoms with Gasteiger partial charge in [0, 0.05) is 66.8 Å². The van der Waals surface area contributed by atoms with Crippen molar-refractivity contribution in [3.05, 3.63) is 54.0 Å². The van der Waals surface area contributed by atoms with Crippen molar-refractivity contribution >= 4 is 50.2 Å². The molecule has 4 aromatic rings. The number of nitrogens with zero attached hydrogens (tertiary/aromatic N) is 7. The molecule has 8 nitrogen and oxygen atoms in total. The highest BCUT2D eigenvalue weighted by Gasteiger charge is 2.36. The third-order valence-corrected chi connectivity index (χ3v) is 9.45. The summed E-state index contributed by atoms with van der Waals surface area (Å²) in [6, 6.07) is 6.43. The molecule has 10 heteroatoms. The monoisotopic (exact) mass is 573 g/mol. The van der Waals surface area contributed by atoms with Crippen LogP contribution in [0, 0.1) is 19.7 Å². The molecule has 2 aromatic heterocycles. The Hall–Kier alpha value is -3.63. The number of halogens is 1. The summed E-state index contributed by atoms with van der Waals surface area (Å²) in [6.45, 7) is 14.4. The highest BCUT2D eigenvalue weighted by Crippen LogP contribution is 2.42. The minimum Gasteiger partial charge on any atom is -0.349 e. The molecule has 0 aliphatic carbocycles. The van der Waals surface area contributed by atoms with Gasteiger partial charge in [-0.1, -0.05) is 12.6 Å². The van der Waals surface area contributed by atoms with Crippen molar-refractivity contribution < 1.29 is 9.18 Å². The molecule has 0 spiro atoms. The summed E-state index contributed by atoms with van der Waals surface area (Å²) in [5.74, 6) is 0.837. The van der Waals surface area contributed by atoms with Crippen molar-refractivity contribution in [3.8, 4) is 11.1 Å². The van der Waals surface area contributed by atoms with Crippen LogP contribution in [0.3, 0.4) is 0 Å². The zero-order valence-corrected chi connectivity index (χ0v) is 25.3. The maximum absolute atomic E-state index is 16.9. The van der Waals surface area contributed by atoms with E-state index in [1.165, 1.54) is 17.6 Å². The predicted molar refractivity (Wildman–Crippen MR) is 165 cm³/mol. The lowest BCUT2D eigenvalue weighted by Crippen LogP contribution is -2.59. The van der Waals surface area contributed by atoms with Crippen LogP contribution in [0.2, 0.25) is 0 Å². The topological polar surface area (TPSA) is 68.7 Å². The Morgan fingerprint density at radius 3 is 2.51 bits per heavy atom. The number of hydrogen-bond acceptors (Lipinski definition) is 8. The number of piperazine rings is 1. The summed E-state index contributed by atoms with van der Waals surface area (Å²) in [6.07, 6.45) is 3.20. The minimum atomic E-state index is -0.336. The van der Waals surface area contributed by atoms with E-state index in [0.717, 1.165) is 39.9 Å². The lowest BCUT2D eigenvalue weighted by Gasteiger charge is -2.45. The van der Waals surface area contributed by atoms with Gasteiger partial charge in [-0.15, -0.1) is 0 Å². The van der Waals surface area contributed by atoms with Gasteiger partial charge in [0.2, 0.25) is 11.9 Å². The predicted octanol–water partition coefficient (Wildman–Crippen LogP) is 5.02. The van der Waals surface area contributed by atoms with Gasteiger partial charge in [-0.05, 0) is 88.2 Å². The molecule has 2 aliphatic heterocycles. The lowest BCUT2D eigenvalue weighted by molar-refractivity contribution is -0.128. The Morgan fingerprint density at radius 1 is 1.05 bits per heavy atom. The number of hydrogen-bond donors (Lipinski definition) is 0. The Labute approximate surface area is 244 Å². The number of carbonyl (C=O) groups excluding carboxylic acids is 1. The maximum Gasteiger partial charge on any atom is 0.246 e. The Bertz CT molecular complexity index is 1680. The van der Waals surface area contributed by atoms with Crippen LogP contribution in [0.4, 0.5) is 16.2 Å². The summed E-state index contributed by atoms with van der Waals surface area (Å²) in [5.41, 5.74) is 3.57. The quantitative estimate of drug-likeness (QED) is 0.311. The molecular weight excluding hydrogens is 537 g/mol. The second kappa shape index (κ2) is 10.3. The Morgan fingerprint density at radius 2 is 1.80 bits per heavy atom. The van der Waals surface area contributed by atoms with Crippen LogP contribution in [-0.2, 0) is 4.79 Å². The molecule has 6 rings (SSSR count). The van der Waals surface area contributed by atoms with Gasteiger partial charge in [0.15, 0.2) is 5.82 Å². The smallest absolute Gasteiger partial charge is 0.246 e. The second-order valence-corrected chi connectivity index (χ2v) is 12.5. The summed E-state index contributed by atoms with van der Waals surface area (Å²) < 4.78 is 22.3. The van der Waals surface area contributed by atoms with Gasteiger partial charge in [-0.25, -0.2) is 9.37 Å². The molecule has 1 amide bonds. The van der Waals surface area contributed by atoms with Crippen molar-refractivity contribution in [2.24, 2.45) is 0 Å². The molecule has 0 saturated carbocycles. The summed E-state index contributed by atoms with van der Waals surface area (Å²) in [7, 11) is 4.14. The zero-order valence-electron chi connectivity index (χ0n) is 24.5. The first-order valence-electron chi connectivity index (χ1n) is 14.0. The van der Waals surface area contributed by atoms with E-state index in [9.17, 15) is 4.79 Å². The van der Waals surface area contributed by atoms with Crippen molar-refractivity contribution in [2.45, 2.75) is 45.8 Å². The van der Waals surface area contributed by atoms with Crippen molar-refractivity contribution in [1.29, 1.82) is 0 Å². The van der Waals surface area contributed by atoms with E-state index in [1.807, 2.05) is 50.1 Å². The molecule has 2 saturated heterocycles. The normalized spacial score (nSPS) is 19.9. The summed E-state index contributed by atoms with van der Waals surface area (Å²) in [4.78, 5) is 30.8. The number of carbonyl (C=O) groups is 1. The highest BCUT2D eigenvalue weighted by atomic mass is 32.1. The fourth-order valence-electron chi connectivity index (χ4n) is 6.17. The molecule has 2 aromatic carbocycles. The Kier molecular flexibility index (Phi) is 6.94. The Balaban J connectivity index is 1.54. The molecule has 0 N–H and O–H groups in total. The lowest BCUT2D eigenvalue weighted by atomic mass is 9.92. The first-order valence-corrected chi connectivity index (χ1v) is 14.8. The van der Waals surface area contributed by atoms with E-state index in [4.69, 9.17) is 9.97 Å². The van der Waals surface area contributed by atoms with E-state index in [-0.39, 0.29) is 23.8 Å². The maximum atomic E-state index is 16.9. The number of aromatic nitrogens is 3. The van der Waals surface area contributed by atoms with Crippen LogP contribution in [0.25, 0.3) is 32.1 Å². The summed E-state index contributed by atoms with van der Waals surface area (Å²) >= 11 is 1.42. The van der Waals surface area contributed by atoms with Gasteiger partial charge in [0.25, 0.3) is 0 Å². The number of rotatable bonds is 5. The van der Waals surface area contributed by atoms with Gasteiger partial charge in [0.05, 0.1) is 4.70 Å². The van der Waals surface area contributed by atoms with E-state index in [2.05, 4.69) is 46.7 Å². The molecule has 0 bridgehead atoms. The van der Waals surface area contributed by atoms with Gasteiger partial charge in [-0.2, -0.15) is 9.36 Å². The average Bonchev–Trinajstić information content (AvgIpc) is 3.38. The average molecular weight is 574 g/mol. The minimum absolute atomic E-state index is 0.0251. The van der Waals surface area contributed by atoms with Crippen molar-refractivity contribution in [2.75, 3.05) is 50.1 Å². The standard InChI is InChI=1S/C31H36FN7OS/c1-8-25(40)38-13-20(5)39(14-19(38)4)30-22-11-18(3)27(26-17(2)9-10-24-23(26)12-33-41-24)28(32)29(22)34-31(35-30)37-15-21(16-37)36(6)7/h8-12,19-21H,1,13-16H2,2-7H3/t19-,20+/m1/s1. The van der Waals surface area contributed by atoms with Crippen molar-refractivity contribution in [3.63, 3.8) is 0 Å². The molecule has 41 heavy (non-hydrogen) atoms. The molecular formula is C31H36FN7OS. The van der Waals surface area contributed by atoms with Crippen LogP contribution in [-0.4, -0.2) is 88.4 Å². The molecule has 4 heterocycles. The van der Waals surface area contributed by atoms with Crippen LogP contribution in [0.15, 0.2) is 37.1 Å². The van der Waals surface area contributed by atoms with Crippen LogP contribution in [0.1, 0.15) is 25.0 Å². The number of amides is 1. The van der Waals surface area contributed by atoms with Crippen LogP contribution >= 0.6 is 11.5 Å². The fraction of sp³-hybridized carbons (Fsp3) is 0.419. The van der Waals surface area contributed by atoms with E-state index < -0.39 is 0 Å². The number of aryl methyl sites for hydroxylation is 2. The molecule has 214 valence electrons. The molecule has 2 fully saturated rings. The third-order valence-electron chi connectivity index (χ3n) is 8.68. The SMILES string of the molecule is C=CC(=O)N1C[C@H](C)N(c2nc(N3CC(N(C)C)C3)nc3c(F)c(-c4c(C)ccc5sncc45)c(C)cc23)C[C@H]1C. The largest absolute Gasteiger partial charge is 0.349 e. The second-order valence-electron chi connectivity index (χ2n) is 11.7. The number of fused-ring (bicyclic) bond motifs is 2. The van der Waals surface area contributed by atoms with Crippen LogP contribution < -0.4 is 9.80 Å². The third kappa shape index (κ3) is 4.53. The summed E-state index contributed by atoms with van der Waals surface area (Å²) in [5, 5.41) is 1.64. The van der Waals surface area contributed by atoms with E-state index in [0.29, 0.717) is 47.4 Å². The van der Waals surface area contributed by atoms with Gasteiger partial charge in [0.1, 0.15) is 11.3 Å². The highest BCUT2D eigenvalue weighted by molar-refractivity contribution is 7.13.